The maximum atomic E-state index is 14.8. The number of rotatable bonds is 3. The molecule has 2 aliphatic heterocycles. The zero-order valence-electron chi connectivity index (χ0n) is 11.2. The molecule has 0 aliphatic carbocycles. The Morgan fingerprint density at radius 1 is 1.76 bits per heavy atom. The van der Waals surface area contributed by atoms with Crippen LogP contribution in [0.4, 0.5) is 9.18 Å². The maximum absolute atomic E-state index is 14.8. The number of hydrogen-bond acceptors (Lipinski definition) is 5. The van der Waals surface area contributed by atoms with Crippen molar-refractivity contribution in [3.63, 3.8) is 0 Å². The van der Waals surface area contributed by atoms with Crippen molar-refractivity contribution in [2.75, 3.05) is 6.54 Å². The number of alkyl halides is 1. The van der Waals surface area contributed by atoms with Gasteiger partial charge in [0.2, 0.25) is 5.67 Å². The summed E-state index contributed by atoms with van der Waals surface area (Å²) < 4.78 is 20.1. The SMILES string of the molecule is C#CC1(F)[C@@H](O)[C@@H]([C@H](C)O)O[C@H]1N1C=C(C=O)CNC1=O. The number of carbonyl (C=O) groups excluding carboxylic acids is 2. The summed E-state index contributed by atoms with van der Waals surface area (Å²) in [5, 5.41) is 21.8. The third-order valence-corrected chi connectivity index (χ3v) is 3.47. The molecule has 0 aromatic rings. The number of amides is 2. The highest BCUT2D eigenvalue weighted by Crippen LogP contribution is 2.38. The lowest BCUT2D eigenvalue weighted by Crippen LogP contribution is -2.55. The zero-order valence-corrected chi connectivity index (χ0v) is 11.2. The summed E-state index contributed by atoms with van der Waals surface area (Å²) in [7, 11) is 0. The molecule has 0 spiro atoms. The molecule has 3 N–H and O–H groups in total. The second-order valence-corrected chi connectivity index (χ2v) is 4.94. The van der Waals surface area contributed by atoms with Gasteiger partial charge in [-0.15, -0.1) is 6.42 Å². The highest BCUT2D eigenvalue weighted by molar-refractivity contribution is 5.83. The van der Waals surface area contributed by atoms with Crippen LogP contribution in [0.15, 0.2) is 11.8 Å². The van der Waals surface area contributed by atoms with Gasteiger partial charge in [-0.25, -0.2) is 9.18 Å². The number of terminal acetylenes is 1. The largest absolute Gasteiger partial charge is 0.391 e. The van der Waals surface area contributed by atoms with Crippen molar-refractivity contribution in [2.45, 2.75) is 37.1 Å². The highest BCUT2D eigenvalue weighted by Gasteiger charge is 2.60. The smallest absolute Gasteiger partial charge is 0.323 e. The maximum Gasteiger partial charge on any atom is 0.323 e. The predicted octanol–water partition coefficient (Wildman–Crippen LogP) is -1.10. The molecule has 1 unspecified atom stereocenters. The van der Waals surface area contributed by atoms with E-state index in [-0.39, 0.29) is 12.1 Å². The fourth-order valence-electron chi connectivity index (χ4n) is 2.31. The number of nitrogens with one attached hydrogen (secondary N) is 1. The van der Waals surface area contributed by atoms with Crippen molar-refractivity contribution in [3.8, 4) is 12.3 Å². The molecular formula is C13H15FN2O5. The van der Waals surface area contributed by atoms with Crippen LogP contribution in [0, 0.1) is 12.3 Å². The van der Waals surface area contributed by atoms with E-state index in [1.807, 2.05) is 0 Å². The summed E-state index contributed by atoms with van der Waals surface area (Å²) in [5.41, 5.74) is -2.52. The Balaban J connectivity index is 2.39. The van der Waals surface area contributed by atoms with Gasteiger partial charge in [-0.05, 0) is 6.92 Å². The van der Waals surface area contributed by atoms with E-state index >= 15 is 0 Å². The van der Waals surface area contributed by atoms with Crippen molar-refractivity contribution in [2.24, 2.45) is 0 Å². The van der Waals surface area contributed by atoms with Crippen LogP contribution in [0.25, 0.3) is 0 Å². The van der Waals surface area contributed by atoms with Gasteiger partial charge in [0.25, 0.3) is 0 Å². The lowest BCUT2D eigenvalue weighted by Gasteiger charge is -2.33. The average molecular weight is 298 g/mol. The third kappa shape index (κ3) is 2.40. The first kappa shape index (κ1) is 15.4. The highest BCUT2D eigenvalue weighted by atomic mass is 19.1. The Hall–Kier alpha value is -1.95. The fraction of sp³-hybridized carbons (Fsp3) is 0.538. The molecule has 21 heavy (non-hydrogen) atoms. The summed E-state index contributed by atoms with van der Waals surface area (Å²) in [5.74, 6) is 1.78. The second kappa shape index (κ2) is 5.44. The zero-order chi connectivity index (χ0) is 15.8. The quantitative estimate of drug-likeness (QED) is 0.454. The van der Waals surface area contributed by atoms with Crippen LogP contribution >= 0.6 is 0 Å². The molecule has 7 nitrogen and oxygen atoms in total. The van der Waals surface area contributed by atoms with Gasteiger partial charge in [0.15, 0.2) is 6.23 Å². The van der Waals surface area contributed by atoms with Crippen molar-refractivity contribution >= 4 is 12.3 Å². The average Bonchev–Trinajstić information content (AvgIpc) is 2.73. The lowest BCUT2D eigenvalue weighted by molar-refractivity contribution is -0.105. The summed E-state index contributed by atoms with van der Waals surface area (Å²) in [6.45, 7) is 1.31. The van der Waals surface area contributed by atoms with Gasteiger partial charge >= 0.3 is 6.03 Å². The number of carbonyl (C=O) groups is 2. The fourth-order valence-corrected chi connectivity index (χ4v) is 2.31. The Bertz CT molecular complexity index is 529. The number of aldehydes is 1. The molecule has 0 saturated carbocycles. The second-order valence-electron chi connectivity index (χ2n) is 4.94. The standard InChI is InChI=1S/C13H15FN2O5/c1-3-13(14)10(19)9(7(2)18)21-11(13)16-5-8(6-17)4-15-12(16)20/h1,5-7,9-11,18-19H,4H2,2H3,(H,15,20)/t7-,9+,10-,11+,13?/m0/s1. The van der Waals surface area contributed by atoms with Gasteiger partial charge in [-0.3, -0.25) is 9.69 Å². The van der Waals surface area contributed by atoms with Gasteiger partial charge in [-0.2, -0.15) is 0 Å². The van der Waals surface area contributed by atoms with Gasteiger partial charge in [-0.1, -0.05) is 5.92 Å². The van der Waals surface area contributed by atoms with Crippen LogP contribution in [0.5, 0.6) is 0 Å². The van der Waals surface area contributed by atoms with Gasteiger partial charge in [0.05, 0.1) is 6.10 Å². The monoisotopic (exact) mass is 298 g/mol. The summed E-state index contributed by atoms with van der Waals surface area (Å²) in [6.07, 6.45) is 0.799. The Labute approximate surface area is 120 Å². The van der Waals surface area contributed by atoms with E-state index in [1.54, 1.807) is 5.92 Å². The summed E-state index contributed by atoms with van der Waals surface area (Å²) >= 11 is 0. The molecule has 114 valence electrons. The number of aliphatic hydroxyl groups excluding tert-OH is 2. The molecule has 2 aliphatic rings. The molecule has 0 radical (unpaired) electrons. The van der Waals surface area contributed by atoms with E-state index < -0.39 is 36.2 Å². The van der Waals surface area contributed by atoms with Gasteiger partial charge < -0.3 is 20.3 Å². The van der Waals surface area contributed by atoms with Gasteiger partial charge in [0, 0.05) is 18.3 Å². The first-order valence-electron chi connectivity index (χ1n) is 6.25. The molecule has 1 saturated heterocycles. The predicted molar refractivity (Wildman–Crippen MR) is 68.4 cm³/mol. The van der Waals surface area contributed by atoms with E-state index in [0.29, 0.717) is 6.29 Å². The van der Waals surface area contributed by atoms with Crippen LogP contribution in [0.3, 0.4) is 0 Å². The minimum atomic E-state index is -2.71. The number of urea groups is 1. The molecule has 2 heterocycles. The molecule has 8 heteroatoms. The van der Waals surface area contributed by atoms with Crippen LogP contribution in [0.2, 0.25) is 0 Å². The molecule has 1 fully saturated rings. The normalized spacial score (nSPS) is 37.5. The molecule has 0 aromatic heterocycles. The van der Waals surface area contributed by atoms with E-state index in [9.17, 15) is 24.2 Å². The first-order chi connectivity index (χ1) is 9.85. The Morgan fingerprint density at radius 2 is 2.43 bits per heavy atom. The number of aliphatic hydroxyl groups is 2. The molecule has 0 aromatic carbocycles. The number of nitrogens with zero attached hydrogens (tertiary/aromatic N) is 1. The van der Waals surface area contributed by atoms with Gasteiger partial charge in [0.1, 0.15) is 18.5 Å². The molecule has 2 amide bonds. The minimum Gasteiger partial charge on any atom is -0.391 e. The summed E-state index contributed by atoms with van der Waals surface area (Å²) in [6, 6.07) is -0.721. The Morgan fingerprint density at radius 3 is 2.95 bits per heavy atom. The van der Waals surface area contributed by atoms with E-state index in [2.05, 4.69) is 5.32 Å². The lowest BCUT2D eigenvalue weighted by atomic mass is 9.94. The molecule has 2 rings (SSSR count). The molecule has 0 bridgehead atoms. The van der Waals surface area contributed by atoms with Crippen LogP contribution in [0.1, 0.15) is 6.92 Å². The van der Waals surface area contributed by atoms with Crippen LogP contribution in [-0.2, 0) is 9.53 Å². The van der Waals surface area contributed by atoms with Crippen molar-refractivity contribution in [1.82, 2.24) is 10.2 Å². The third-order valence-electron chi connectivity index (χ3n) is 3.47. The number of hydrogen-bond donors (Lipinski definition) is 3. The number of halogens is 1. The molecular weight excluding hydrogens is 283 g/mol. The topological polar surface area (TPSA) is 99.1 Å². The minimum absolute atomic E-state index is 0.00325. The van der Waals surface area contributed by atoms with Crippen LogP contribution < -0.4 is 5.32 Å². The molecule has 5 atom stereocenters. The first-order valence-corrected chi connectivity index (χ1v) is 6.25. The van der Waals surface area contributed by atoms with E-state index in [1.165, 1.54) is 6.92 Å². The van der Waals surface area contributed by atoms with E-state index in [0.717, 1.165) is 11.1 Å². The Kier molecular flexibility index (Phi) is 4.00. The summed E-state index contributed by atoms with van der Waals surface area (Å²) in [4.78, 5) is 23.4. The number of ether oxygens (including phenoxy) is 1. The van der Waals surface area contributed by atoms with Crippen molar-refractivity contribution in [3.05, 3.63) is 11.8 Å². The van der Waals surface area contributed by atoms with E-state index in [4.69, 9.17) is 11.2 Å². The van der Waals surface area contributed by atoms with Crippen molar-refractivity contribution < 1.29 is 28.9 Å². The van der Waals surface area contributed by atoms with Crippen LogP contribution in [-0.4, -0.2) is 64.2 Å². The van der Waals surface area contributed by atoms with Crippen molar-refractivity contribution in [1.29, 1.82) is 0 Å².